The second kappa shape index (κ2) is 14.4. The number of benzene rings is 8. The summed E-state index contributed by atoms with van der Waals surface area (Å²) in [5.74, 6) is 5.25. The van der Waals surface area contributed by atoms with Gasteiger partial charge in [-0.3, -0.25) is 0 Å². The van der Waals surface area contributed by atoms with Gasteiger partial charge in [-0.2, -0.15) is 0 Å². The van der Waals surface area contributed by atoms with E-state index in [-0.39, 0.29) is 5.41 Å². The Morgan fingerprint density at radius 2 is 1.01 bits per heavy atom. The van der Waals surface area contributed by atoms with E-state index in [0.29, 0.717) is 29.3 Å². The lowest BCUT2D eigenvalue weighted by Gasteiger charge is -2.61. The minimum Gasteiger partial charge on any atom is -0.208 e. The Kier molecular flexibility index (Phi) is 8.29. The van der Waals surface area contributed by atoms with E-state index in [4.69, 9.17) is 15.0 Å². The van der Waals surface area contributed by atoms with Gasteiger partial charge in [-0.25, -0.2) is 15.0 Å². The van der Waals surface area contributed by atoms with Crippen LogP contribution in [0.1, 0.15) is 43.2 Å². The number of rotatable bonds is 5. The zero-order valence-electron chi connectivity index (χ0n) is 38.3. The third-order valence-corrected chi connectivity index (χ3v) is 22.0. The predicted molar refractivity (Wildman–Crippen MR) is 285 cm³/mol. The van der Waals surface area contributed by atoms with Crippen LogP contribution in [0.4, 0.5) is 0 Å². The van der Waals surface area contributed by atoms with Gasteiger partial charge in [0.05, 0.1) is 0 Å². The van der Waals surface area contributed by atoms with Crippen molar-refractivity contribution in [2.75, 3.05) is 0 Å². The van der Waals surface area contributed by atoms with Crippen molar-refractivity contribution in [1.82, 2.24) is 15.0 Å². The lowest BCUT2D eigenvalue weighted by Crippen LogP contribution is -2.56. The molecular formula is C63H49N3SSi. The maximum Gasteiger partial charge on any atom is 0.164 e. The first-order chi connectivity index (χ1) is 33.4. The highest BCUT2D eigenvalue weighted by Gasteiger charge is 2.63. The molecule has 2 aromatic heterocycles. The number of hydrogen-bond donors (Lipinski definition) is 0. The minimum atomic E-state index is -2.06. The third kappa shape index (κ3) is 5.49. The molecular weight excluding hydrogens is 859 g/mol. The smallest absolute Gasteiger partial charge is 0.164 e. The minimum absolute atomic E-state index is 0.0891. The Hall–Kier alpha value is -6.79. The maximum atomic E-state index is 5.29. The van der Waals surface area contributed by atoms with Gasteiger partial charge < -0.3 is 0 Å². The van der Waals surface area contributed by atoms with Gasteiger partial charge in [0.1, 0.15) is 8.07 Å². The first-order valence-corrected chi connectivity index (χ1v) is 28.6. The van der Waals surface area contributed by atoms with Gasteiger partial charge in [0.2, 0.25) is 0 Å². The Balaban J connectivity index is 0.861. The Morgan fingerprint density at radius 1 is 0.426 bits per heavy atom. The first kappa shape index (κ1) is 39.2. The predicted octanol–water partition coefficient (Wildman–Crippen LogP) is 15.1. The van der Waals surface area contributed by atoms with E-state index < -0.39 is 8.07 Å². The van der Waals surface area contributed by atoms with E-state index in [2.05, 4.69) is 183 Å². The molecule has 8 aromatic carbocycles. The van der Waals surface area contributed by atoms with Crippen LogP contribution in [0.5, 0.6) is 0 Å². The van der Waals surface area contributed by atoms with Crippen molar-refractivity contribution >= 4 is 50.0 Å². The van der Waals surface area contributed by atoms with E-state index in [9.17, 15) is 0 Å². The van der Waals surface area contributed by atoms with E-state index in [1.54, 1.807) is 27.1 Å². The monoisotopic (exact) mass is 907 g/mol. The second-order valence-corrected chi connectivity index (χ2v) is 26.5. The molecule has 10 aromatic rings. The number of hydrogen-bond acceptors (Lipinski definition) is 4. The van der Waals surface area contributed by atoms with Gasteiger partial charge in [-0.1, -0.05) is 171 Å². The van der Waals surface area contributed by atoms with Gasteiger partial charge in [0.15, 0.2) is 17.5 Å². The summed E-state index contributed by atoms with van der Waals surface area (Å²) in [5, 5.41) is 5.83. The average Bonchev–Trinajstić information content (AvgIpc) is 3.99. The van der Waals surface area contributed by atoms with Crippen LogP contribution in [0.15, 0.2) is 176 Å². The summed E-state index contributed by atoms with van der Waals surface area (Å²) in [7, 11) is -2.06. The van der Waals surface area contributed by atoms with Crippen molar-refractivity contribution in [2.45, 2.75) is 50.6 Å². The molecule has 68 heavy (non-hydrogen) atoms. The van der Waals surface area contributed by atoms with E-state index >= 15 is 0 Å². The maximum absolute atomic E-state index is 5.29. The molecule has 16 rings (SSSR count). The van der Waals surface area contributed by atoms with Gasteiger partial charge >= 0.3 is 0 Å². The molecule has 6 aliphatic rings. The Labute approximate surface area is 402 Å². The second-order valence-electron chi connectivity index (χ2n) is 21.1. The molecule has 3 heterocycles. The number of fused-ring (bicyclic) bond motifs is 10. The van der Waals surface area contributed by atoms with Crippen LogP contribution in [0.25, 0.3) is 98.8 Å². The SMILES string of the molecule is C[Si]1(C)c2cccc(-c3cccc(-c4nc(-c5ccccc5)nc(-c5ccc(-c6ccc7c(c6)sc6ccccc67)cc5)n4)c3)c2-c2c1ccc1c2C2(c3ccccc3-1)C1CC3CC(C1)CC2C3. The fourth-order valence-corrected chi connectivity index (χ4v) is 18.9. The van der Waals surface area contributed by atoms with Crippen LogP contribution in [-0.4, -0.2) is 23.0 Å². The molecule has 5 aliphatic carbocycles. The largest absolute Gasteiger partial charge is 0.208 e. The van der Waals surface area contributed by atoms with Crippen LogP contribution in [0.2, 0.25) is 13.1 Å². The molecule has 0 radical (unpaired) electrons. The van der Waals surface area contributed by atoms with Crippen LogP contribution in [0, 0.1) is 23.7 Å². The standard InChI is InChI=1S/C63H49N3SSi/c1-68(2)55-21-11-18-47(57(55)58-56(68)29-28-51-48-16-6-8-19-52(48)63(59(51)58)45-31-37-30-38(33-45)34-46(63)32-37)43-14-10-15-44(35-43)62-65-60(40-12-4-3-5-13-40)64-61(66-62)41-24-22-39(23-25-41)42-26-27-50-49-17-7-9-20-53(49)67-54(50)36-42/h3-29,35-38,45-46H,30-34H2,1-2H3. The zero-order chi connectivity index (χ0) is 44.9. The van der Waals surface area contributed by atoms with Crippen molar-refractivity contribution in [3.63, 3.8) is 0 Å². The summed E-state index contributed by atoms with van der Waals surface area (Å²) in [6, 6.07) is 65.6. The molecule has 4 saturated carbocycles. The molecule has 4 fully saturated rings. The van der Waals surface area contributed by atoms with Crippen LogP contribution >= 0.6 is 11.3 Å². The highest BCUT2D eigenvalue weighted by atomic mass is 32.1. The number of nitrogens with zero attached hydrogens (tertiary/aromatic N) is 3. The topological polar surface area (TPSA) is 38.7 Å². The Bertz CT molecular complexity index is 3710. The van der Waals surface area contributed by atoms with Gasteiger partial charge in [0, 0.05) is 42.3 Å². The van der Waals surface area contributed by atoms with Crippen molar-refractivity contribution in [3.8, 4) is 78.7 Å². The summed E-state index contributed by atoms with van der Waals surface area (Å²) >= 11 is 1.86. The Morgan fingerprint density at radius 3 is 1.81 bits per heavy atom. The third-order valence-electron chi connectivity index (χ3n) is 17.3. The molecule has 326 valence electrons. The highest BCUT2D eigenvalue weighted by Crippen LogP contribution is 2.70. The van der Waals surface area contributed by atoms with Crippen molar-refractivity contribution in [1.29, 1.82) is 0 Å². The summed E-state index contributed by atoms with van der Waals surface area (Å²) in [5.41, 5.74) is 17.3. The first-order valence-electron chi connectivity index (χ1n) is 24.8. The zero-order valence-corrected chi connectivity index (χ0v) is 40.2. The molecule has 4 bridgehead atoms. The molecule has 0 amide bonds. The van der Waals surface area contributed by atoms with E-state index in [1.165, 1.54) is 91.2 Å². The summed E-state index contributed by atoms with van der Waals surface area (Å²) in [6.45, 7) is 5.20. The fraction of sp³-hybridized carbons (Fsp3) is 0.190. The van der Waals surface area contributed by atoms with Gasteiger partial charge in [0.25, 0.3) is 0 Å². The molecule has 5 heteroatoms. The molecule has 0 saturated heterocycles. The quantitative estimate of drug-likeness (QED) is 0.162. The summed E-state index contributed by atoms with van der Waals surface area (Å²) < 4.78 is 2.63. The molecule has 3 nitrogen and oxygen atoms in total. The molecule has 0 unspecified atom stereocenters. The normalized spacial score (nSPS) is 22.1. The fourth-order valence-electron chi connectivity index (χ4n) is 14.6. The van der Waals surface area contributed by atoms with Crippen LogP contribution in [-0.2, 0) is 5.41 Å². The lowest BCUT2D eigenvalue weighted by molar-refractivity contribution is -0.0397. The molecule has 1 spiro atoms. The summed E-state index contributed by atoms with van der Waals surface area (Å²) in [6.07, 6.45) is 6.99. The number of thiophene rings is 1. The van der Waals surface area contributed by atoms with Crippen LogP contribution < -0.4 is 10.4 Å². The summed E-state index contributed by atoms with van der Waals surface area (Å²) in [4.78, 5) is 15.7. The van der Waals surface area contributed by atoms with E-state index in [0.717, 1.165) is 28.5 Å². The molecule has 1 aliphatic heterocycles. The van der Waals surface area contributed by atoms with Gasteiger partial charge in [-0.05, 0) is 140 Å². The van der Waals surface area contributed by atoms with Crippen molar-refractivity contribution < 1.29 is 0 Å². The average molecular weight is 908 g/mol. The molecule has 0 N–H and O–H groups in total. The van der Waals surface area contributed by atoms with Crippen molar-refractivity contribution in [2.24, 2.45) is 23.7 Å². The van der Waals surface area contributed by atoms with Gasteiger partial charge in [-0.15, -0.1) is 11.3 Å². The lowest BCUT2D eigenvalue weighted by atomic mass is 9.42. The highest BCUT2D eigenvalue weighted by molar-refractivity contribution is 7.25. The van der Waals surface area contributed by atoms with E-state index in [1.807, 2.05) is 17.4 Å². The molecule has 0 atom stereocenters. The van der Waals surface area contributed by atoms with Crippen molar-refractivity contribution in [3.05, 3.63) is 187 Å². The van der Waals surface area contributed by atoms with Crippen LogP contribution in [0.3, 0.4) is 0 Å². The number of aromatic nitrogens is 3.